The Balaban J connectivity index is 1.57. The summed E-state index contributed by atoms with van der Waals surface area (Å²) < 4.78 is 4.91. The Labute approximate surface area is 120 Å². The summed E-state index contributed by atoms with van der Waals surface area (Å²) in [6.07, 6.45) is 4.87. The highest BCUT2D eigenvalue weighted by molar-refractivity contribution is 7.13. The Bertz CT molecular complexity index is 617. The van der Waals surface area contributed by atoms with Gasteiger partial charge in [-0.15, -0.1) is 11.3 Å². The third-order valence-electron chi connectivity index (χ3n) is 3.09. The summed E-state index contributed by atoms with van der Waals surface area (Å²) in [6.45, 7) is 2.95. The van der Waals surface area contributed by atoms with Gasteiger partial charge in [0.25, 0.3) is 5.91 Å². The molecule has 6 heteroatoms. The van der Waals surface area contributed by atoms with Crippen LogP contribution in [0.2, 0.25) is 0 Å². The lowest BCUT2D eigenvalue weighted by Gasteiger charge is -2.33. The number of anilines is 1. The number of rotatable bonds is 1. The molecule has 1 amide bonds. The maximum Gasteiger partial charge on any atom is 0.298 e. The van der Waals surface area contributed by atoms with E-state index in [9.17, 15) is 4.79 Å². The highest BCUT2D eigenvalue weighted by atomic mass is 32.1. The van der Waals surface area contributed by atoms with Gasteiger partial charge in [0.2, 0.25) is 0 Å². The number of hydrogen-bond donors (Lipinski definition) is 0. The van der Waals surface area contributed by atoms with Crippen molar-refractivity contribution in [1.29, 1.82) is 0 Å². The number of piperazine rings is 1. The van der Waals surface area contributed by atoms with E-state index in [0.717, 1.165) is 23.8 Å². The molecule has 0 aromatic carbocycles. The van der Waals surface area contributed by atoms with E-state index < -0.39 is 0 Å². The van der Waals surface area contributed by atoms with Crippen molar-refractivity contribution in [1.82, 2.24) is 9.88 Å². The molecule has 102 valence electrons. The smallest absolute Gasteiger partial charge is 0.298 e. The van der Waals surface area contributed by atoms with E-state index in [1.165, 1.54) is 6.26 Å². The molecule has 0 saturated carbocycles. The molecule has 3 rings (SSSR count). The van der Waals surface area contributed by atoms with Crippen molar-refractivity contribution >= 4 is 22.4 Å². The Morgan fingerprint density at radius 3 is 2.85 bits per heavy atom. The fraction of sp³-hybridized carbons (Fsp3) is 0.286. The minimum absolute atomic E-state index is 0.134. The second-order valence-electron chi connectivity index (χ2n) is 4.36. The number of amides is 1. The third-order valence-corrected chi connectivity index (χ3v) is 3.92. The van der Waals surface area contributed by atoms with Crippen molar-refractivity contribution in [3.63, 3.8) is 0 Å². The highest BCUT2D eigenvalue weighted by Gasteiger charge is 2.21. The van der Waals surface area contributed by atoms with Crippen LogP contribution in [0.4, 0.5) is 5.13 Å². The van der Waals surface area contributed by atoms with Gasteiger partial charge in [-0.3, -0.25) is 4.79 Å². The zero-order valence-corrected chi connectivity index (χ0v) is 11.6. The molecule has 0 atom stereocenters. The second-order valence-corrected chi connectivity index (χ2v) is 5.23. The van der Waals surface area contributed by atoms with Crippen LogP contribution in [0.1, 0.15) is 5.56 Å². The molecular weight excluding hydrogens is 274 g/mol. The molecule has 2 aromatic rings. The van der Waals surface area contributed by atoms with E-state index in [4.69, 9.17) is 4.42 Å². The van der Waals surface area contributed by atoms with Crippen molar-refractivity contribution in [3.8, 4) is 11.8 Å². The minimum Gasteiger partial charge on any atom is -0.471 e. The number of nitrogens with zero attached hydrogens (tertiary/aromatic N) is 3. The number of furan rings is 1. The summed E-state index contributed by atoms with van der Waals surface area (Å²) in [5.74, 6) is 5.32. The Morgan fingerprint density at radius 1 is 1.35 bits per heavy atom. The summed E-state index contributed by atoms with van der Waals surface area (Å²) in [4.78, 5) is 20.2. The van der Waals surface area contributed by atoms with Crippen LogP contribution in [0.5, 0.6) is 0 Å². The van der Waals surface area contributed by atoms with Crippen LogP contribution >= 0.6 is 11.3 Å². The molecule has 20 heavy (non-hydrogen) atoms. The molecule has 5 nitrogen and oxygen atoms in total. The molecule has 0 unspecified atom stereocenters. The average molecular weight is 287 g/mol. The maximum atomic E-state index is 12.0. The van der Waals surface area contributed by atoms with Crippen LogP contribution in [0.15, 0.2) is 34.6 Å². The van der Waals surface area contributed by atoms with Crippen molar-refractivity contribution in [3.05, 3.63) is 35.7 Å². The van der Waals surface area contributed by atoms with Crippen molar-refractivity contribution in [2.75, 3.05) is 31.1 Å². The van der Waals surface area contributed by atoms with Crippen LogP contribution in [0, 0.1) is 11.8 Å². The van der Waals surface area contributed by atoms with Gasteiger partial charge in [-0.2, -0.15) is 0 Å². The molecule has 0 bridgehead atoms. The van der Waals surface area contributed by atoms with Gasteiger partial charge < -0.3 is 14.2 Å². The lowest BCUT2D eigenvalue weighted by Crippen LogP contribution is -2.48. The fourth-order valence-electron chi connectivity index (χ4n) is 2.01. The molecule has 1 saturated heterocycles. The molecule has 1 aliphatic rings. The van der Waals surface area contributed by atoms with Crippen LogP contribution in [0.3, 0.4) is 0 Å². The quantitative estimate of drug-likeness (QED) is 0.745. The molecule has 3 heterocycles. The number of aromatic nitrogens is 1. The largest absolute Gasteiger partial charge is 0.471 e. The SMILES string of the molecule is O=C(C#Cc1ccoc1)N1CCN(c2nccs2)CC1. The van der Waals surface area contributed by atoms with Crippen LogP contribution in [-0.4, -0.2) is 42.0 Å². The summed E-state index contributed by atoms with van der Waals surface area (Å²) in [6, 6.07) is 1.74. The first-order valence-corrected chi connectivity index (χ1v) is 7.18. The number of carbonyl (C=O) groups is 1. The van der Waals surface area contributed by atoms with Gasteiger partial charge in [-0.25, -0.2) is 4.98 Å². The summed E-state index contributed by atoms with van der Waals surface area (Å²) in [5, 5.41) is 2.98. The summed E-state index contributed by atoms with van der Waals surface area (Å²) in [7, 11) is 0. The molecule has 2 aromatic heterocycles. The second kappa shape index (κ2) is 5.80. The van der Waals surface area contributed by atoms with E-state index in [1.807, 2.05) is 5.38 Å². The minimum atomic E-state index is -0.134. The van der Waals surface area contributed by atoms with Crippen LogP contribution < -0.4 is 4.90 Å². The predicted octanol–water partition coefficient (Wildman–Crippen LogP) is 1.44. The lowest BCUT2D eigenvalue weighted by molar-refractivity contribution is -0.125. The first kappa shape index (κ1) is 12.8. The van der Waals surface area contributed by atoms with E-state index in [2.05, 4.69) is 21.7 Å². The van der Waals surface area contributed by atoms with Gasteiger partial charge in [0.1, 0.15) is 6.26 Å². The Hall–Kier alpha value is -2.26. The van der Waals surface area contributed by atoms with Crippen molar-refractivity contribution in [2.24, 2.45) is 0 Å². The van der Waals surface area contributed by atoms with Gasteiger partial charge in [-0.1, -0.05) is 5.92 Å². The number of thiazole rings is 1. The molecule has 1 aliphatic heterocycles. The zero-order chi connectivity index (χ0) is 13.8. The number of carbonyl (C=O) groups excluding carboxylic acids is 1. The Morgan fingerprint density at radius 2 is 2.20 bits per heavy atom. The average Bonchev–Trinajstić information content (AvgIpc) is 3.18. The van der Waals surface area contributed by atoms with Gasteiger partial charge in [0.15, 0.2) is 5.13 Å². The molecule has 0 aliphatic carbocycles. The van der Waals surface area contributed by atoms with Crippen molar-refractivity contribution in [2.45, 2.75) is 0 Å². The topological polar surface area (TPSA) is 49.6 Å². The highest BCUT2D eigenvalue weighted by Crippen LogP contribution is 2.18. The predicted molar refractivity (Wildman–Crippen MR) is 76.5 cm³/mol. The summed E-state index contributed by atoms with van der Waals surface area (Å²) in [5.41, 5.74) is 0.722. The van der Waals surface area contributed by atoms with E-state index >= 15 is 0 Å². The number of hydrogen-bond acceptors (Lipinski definition) is 5. The monoisotopic (exact) mass is 287 g/mol. The third kappa shape index (κ3) is 2.83. The Kier molecular flexibility index (Phi) is 3.70. The maximum absolute atomic E-state index is 12.0. The lowest BCUT2D eigenvalue weighted by atomic mass is 10.3. The van der Waals surface area contributed by atoms with E-state index in [0.29, 0.717) is 13.1 Å². The van der Waals surface area contributed by atoms with Crippen LogP contribution in [0.25, 0.3) is 0 Å². The normalized spacial score (nSPS) is 14.8. The van der Waals surface area contributed by atoms with Gasteiger partial charge >= 0.3 is 0 Å². The van der Waals surface area contributed by atoms with E-state index in [1.54, 1.807) is 34.8 Å². The zero-order valence-electron chi connectivity index (χ0n) is 10.8. The van der Waals surface area contributed by atoms with E-state index in [-0.39, 0.29) is 5.91 Å². The molecule has 0 radical (unpaired) electrons. The molecular formula is C14H13N3O2S. The van der Waals surface area contributed by atoms with Gasteiger partial charge in [0.05, 0.1) is 11.8 Å². The molecule has 1 fully saturated rings. The molecule has 0 N–H and O–H groups in total. The van der Waals surface area contributed by atoms with Gasteiger partial charge in [0, 0.05) is 43.7 Å². The fourth-order valence-corrected chi connectivity index (χ4v) is 2.71. The summed E-state index contributed by atoms with van der Waals surface area (Å²) >= 11 is 1.62. The molecule has 0 spiro atoms. The first-order chi connectivity index (χ1) is 9.83. The van der Waals surface area contributed by atoms with Crippen LogP contribution in [-0.2, 0) is 4.79 Å². The van der Waals surface area contributed by atoms with Gasteiger partial charge in [-0.05, 0) is 6.07 Å². The standard InChI is InChI=1S/C14H13N3O2S/c18-13(2-1-12-3-9-19-11-12)16-5-7-17(8-6-16)14-15-4-10-20-14/h3-4,9-11H,5-8H2. The van der Waals surface area contributed by atoms with Crippen molar-refractivity contribution < 1.29 is 9.21 Å². The first-order valence-electron chi connectivity index (χ1n) is 6.30.